The molecule has 0 bridgehead atoms. The number of nitrogens with zero attached hydrogens (tertiary/aromatic N) is 2. The van der Waals surface area contributed by atoms with Crippen LogP contribution in [0.3, 0.4) is 0 Å². The highest BCUT2D eigenvalue weighted by molar-refractivity contribution is 7.14. The van der Waals surface area contributed by atoms with Gasteiger partial charge in [0.15, 0.2) is 0 Å². The number of aryl methyl sites for hydroxylation is 3. The summed E-state index contributed by atoms with van der Waals surface area (Å²) in [6.45, 7) is 6.75. The van der Waals surface area contributed by atoms with Crippen LogP contribution in [-0.4, -0.2) is 23.3 Å². The Morgan fingerprint density at radius 1 is 1.20 bits per heavy atom. The molecule has 1 aliphatic carbocycles. The molecule has 2 heterocycles. The van der Waals surface area contributed by atoms with Gasteiger partial charge in [-0.2, -0.15) is 5.10 Å². The Morgan fingerprint density at radius 3 is 2.70 bits per heavy atom. The van der Waals surface area contributed by atoms with Crippen molar-refractivity contribution in [3.8, 4) is 11.4 Å². The van der Waals surface area contributed by atoms with E-state index in [0.717, 1.165) is 46.1 Å². The second-order valence-electron chi connectivity index (χ2n) is 7.55. The predicted molar refractivity (Wildman–Crippen MR) is 122 cm³/mol. The molecule has 0 aliphatic heterocycles. The smallest absolute Gasteiger partial charge is 0.281 e. The van der Waals surface area contributed by atoms with Crippen molar-refractivity contribution >= 4 is 23.5 Å². The van der Waals surface area contributed by atoms with Gasteiger partial charge in [0.2, 0.25) is 0 Å². The number of nitrogens with one attached hydrogen (secondary N) is 1. The standard InChI is InChI=1S/C24H27N3O2S/c1-4-29-21-11-9-20(10-12-21)27-16(2)13-19(17(27)3)15-25-26-24(28)23-14-18-7-5-6-8-22(18)30-23/h9-15H,4-8H2,1-3H3,(H,26,28). The van der Waals surface area contributed by atoms with E-state index in [1.54, 1.807) is 17.6 Å². The number of hydrogen-bond acceptors (Lipinski definition) is 4. The molecule has 0 saturated heterocycles. The molecule has 1 amide bonds. The number of carbonyl (C=O) groups excluding carboxylic acids is 1. The number of hydrazone groups is 1. The molecule has 3 aromatic rings. The largest absolute Gasteiger partial charge is 0.494 e. The predicted octanol–water partition coefficient (Wildman–Crippen LogP) is 5.20. The second kappa shape index (κ2) is 8.88. The van der Waals surface area contributed by atoms with Gasteiger partial charge in [0.25, 0.3) is 5.91 Å². The number of benzene rings is 1. The zero-order chi connectivity index (χ0) is 21.1. The zero-order valence-electron chi connectivity index (χ0n) is 17.7. The Morgan fingerprint density at radius 2 is 1.97 bits per heavy atom. The van der Waals surface area contributed by atoms with Gasteiger partial charge in [-0.25, -0.2) is 5.43 Å². The Labute approximate surface area is 181 Å². The fourth-order valence-corrected chi connectivity index (χ4v) is 5.14. The lowest BCUT2D eigenvalue weighted by atomic mass is 9.99. The van der Waals surface area contributed by atoms with E-state index >= 15 is 0 Å². The summed E-state index contributed by atoms with van der Waals surface area (Å²) < 4.78 is 7.70. The molecule has 0 radical (unpaired) electrons. The van der Waals surface area contributed by atoms with Crippen LogP contribution in [0.4, 0.5) is 0 Å². The summed E-state index contributed by atoms with van der Waals surface area (Å²) in [6, 6.07) is 12.2. The van der Waals surface area contributed by atoms with Crippen molar-refractivity contribution in [3.05, 3.63) is 68.7 Å². The van der Waals surface area contributed by atoms with Crippen LogP contribution in [0.2, 0.25) is 0 Å². The van der Waals surface area contributed by atoms with Gasteiger partial charge in [0, 0.05) is 27.5 Å². The zero-order valence-corrected chi connectivity index (χ0v) is 18.5. The van der Waals surface area contributed by atoms with Crippen molar-refractivity contribution in [2.75, 3.05) is 6.61 Å². The highest BCUT2D eigenvalue weighted by atomic mass is 32.1. The summed E-state index contributed by atoms with van der Waals surface area (Å²) in [6.07, 6.45) is 6.33. The molecule has 0 atom stereocenters. The fourth-order valence-electron chi connectivity index (χ4n) is 3.99. The Kier molecular flexibility index (Phi) is 6.04. The maximum atomic E-state index is 12.5. The molecule has 0 saturated carbocycles. The number of ether oxygens (including phenoxy) is 1. The van der Waals surface area contributed by atoms with Crippen LogP contribution >= 0.6 is 11.3 Å². The summed E-state index contributed by atoms with van der Waals surface area (Å²) in [4.78, 5) is 14.6. The molecular weight excluding hydrogens is 394 g/mol. The molecule has 1 N–H and O–H groups in total. The van der Waals surface area contributed by atoms with Gasteiger partial charge in [-0.15, -0.1) is 11.3 Å². The van der Waals surface area contributed by atoms with Gasteiger partial charge >= 0.3 is 0 Å². The Balaban J connectivity index is 1.47. The maximum Gasteiger partial charge on any atom is 0.281 e. The highest BCUT2D eigenvalue weighted by Crippen LogP contribution is 2.29. The van der Waals surface area contributed by atoms with Gasteiger partial charge in [-0.1, -0.05) is 0 Å². The van der Waals surface area contributed by atoms with E-state index in [4.69, 9.17) is 4.74 Å². The number of rotatable bonds is 6. The summed E-state index contributed by atoms with van der Waals surface area (Å²) in [7, 11) is 0. The molecule has 156 valence electrons. The van der Waals surface area contributed by atoms with Crippen molar-refractivity contribution in [2.45, 2.75) is 46.5 Å². The molecule has 1 aromatic carbocycles. The average Bonchev–Trinajstić information content (AvgIpc) is 3.30. The summed E-state index contributed by atoms with van der Waals surface area (Å²) in [5.41, 5.74) is 8.25. The molecule has 30 heavy (non-hydrogen) atoms. The molecule has 0 unspecified atom stereocenters. The second-order valence-corrected chi connectivity index (χ2v) is 8.69. The molecule has 4 rings (SSSR count). The first-order valence-corrected chi connectivity index (χ1v) is 11.3. The highest BCUT2D eigenvalue weighted by Gasteiger charge is 2.17. The summed E-state index contributed by atoms with van der Waals surface area (Å²) in [5.74, 6) is 0.731. The van der Waals surface area contributed by atoms with Crippen LogP contribution in [-0.2, 0) is 12.8 Å². The minimum atomic E-state index is -0.133. The van der Waals surface area contributed by atoms with Crippen molar-refractivity contribution in [3.63, 3.8) is 0 Å². The maximum absolute atomic E-state index is 12.5. The first-order chi connectivity index (χ1) is 14.6. The van der Waals surface area contributed by atoms with Gasteiger partial charge in [-0.3, -0.25) is 4.79 Å². The Bertz CT molecular complexity index is 1050. The van der Waals surface area contributed by atoms with Crippen molar-refractivity contribution in [1.82, 2.24) is 9.99 Å². The average molecular weight is 422 g/mol. The molecule has 0 fully saturated rings. The lowest BCUT2D eigenvalue weighted by molar-refractivity contribution is 0.0959. The van der Waals surface area contributed by atoms with E-state index < -0.39 is 0 Å². The van der Waals surface area contributed by atoms with E-state index in [0.29, 0.717) is 6.61 Å². The first-order valence-electron chi connectivity index (χ1n) is 10.4. The third kappa shape index (κ3) is 4.19. The van der Waals surface area contributed by atoms with E-state index in [2.05, 4.69) is 35.0 Å². The number of fused-ring (bicyclic) bond motifs is 1. The molecule has 5 nitrogen and oxygen atoms in total. The summed E-state index contributed by atoms with van der Waals surface area (Å²) >= 11 is 1.60. The molecule has 6 heteroatoms. The number of amides is 1. The number of hydrogen-bond donors (Lipinski definition) is 1. The van der Waals surface area contributed by atoms with Gasteiger partial charge in [0.1, 0.15) is 5.75 Å². The number of aromatic nitrogens is 1. The third-order valence-corrected chi connectivity index (χ3v) is 6.70. The fraction of sp³-hybridized carbons (Fsp3) is 0.333. The minimum Gasteiger partial charge on any atom is -0.494 e. The van der Waals surface area contributed by atoms with Gasteiger partial charge < -0.3 is 9.30 Å². The van der Waals surface area contributed by atoms with Crippen molar-refractivity contribution < 1.29 is 9.53 Å². The number of thiophene rings is 1. The quantitative estimate of drug-likeness (QED) is 0.439. The van der Waals surface area contributed by atoms with Crippen LogP contribution in [0.15, 0.2) is 41.5 Å². The number of carbonyl (C=O) groups is 1. The molecule has 1 aliphatic rings. The minimum absolute atomic E-state index is 0.133. The first kappa shape index (κ1) is 20.4. The van der Waals surface area contributed by atoms with E-state index in [-0.39, 0.29) is 5.91 Å². The van der Waals surface area contributed by atoms with Crippen LogP contribution in [0.5, 0.6) is 5.75 Å². The van der Waals surface area contributed by atoms with Crippen molar-refractivity contribution in [1.29, 1.82) is 0 Å². The van der Waals surface area contributed by atoms with E-state index in [1.807, 2.05) is 37.3 Å². The van der Waals surface area contributed by atoms with Crippen LogP contribution in [0.1, 0.15) is 56.8 Å². The van der Waals surface area contributed by atoms with E-state index in [9.17, 15) is 4.79 Å². The van der Waals surface area contributed by atoms with Crippen LogP contribution in [0.25, 0.3) is 5.69 Å². The SMILES string of the molecule is CCOc1ccc(-n2c(C)cc(C=NNC(=O)c3cc4c(s3)CCCC4)c2C)cc1. The van der Waals surface area contributed by atoms with Crippen molar-refractivity contribution in [2.24, 2.45) is 5.10 Å². The lowest BCUT2D eigenvalue weighted by Crippen LogP contribution is -2.16. The Hall–Kier alpha value is -2.86. The monoisotopic (exact) mass is 421 g/mol. The van der Waals surface area contributed by atoms with Crippen LogP contribution < -0.4 is 10.2 Å². The van der Waals surface area contributed by atoms with Gasteiger partial charge in [0.05, 0.1) is 17.7 Å². The molecule has 0 spiro atoms. The third-order valence-electron chi connectivity index (χ3n) is 5.47. The lowest BCUT2D eigenvalue weighted by Gasteiger charge is -2.10. The summed E-state index contributed by atoms with van der Waals surface area (Å²) in [5, 5.41) is 4.22. The molecular formula is C24H27N3O2S. The van der Waals surface area contributed by atoms with Gasteiger partial charge in [-0.05, 0) is 88.4 Å². The van der Waals surface area contributed by atoms with E-state index in [1.165, 1.54) is 23.3 Å². The van der Waals surface area contributed by atoms with Crippen LogP contribution in [0, 0.1) is 13.8 Å². The topological polar surface area (TPSA) is 55.6 Å². The normalized spacial score (nSPS) is 13.4. The molecule has 2 aromatic heterocycles.